The number of rotatable bonds is 7. The minimum Gasteiger partial charge on any atom is -0.507 e. The number of carbonyl (C=O) groups excluding carboxylic acids is 2. The van der Waals surface area contributed by atoms with Gasteiger partial charge in [-0.1, -0.05) is 18.6 Å². The van der Waals surface area contributed by atoms with Gasteiger partial charge >= 0.3 is 6.03 Å². The molecule has 0 atom stereocenters. The first kappa shape index (κ1) is 23.2. The second-order valence-electron chi connectivity index (χ2n) is 8.66. The number of methoxy groups -OCH3 is 1. The summed E-state index contributed by atoms with van der Waals surface area (Å²) in [5, 5.41) is 20.8. The lowest BCUT2D eigenvalue weighted by Gasteiger charge is -2.25. The Hall–Kier alpha value is -4.53. The molecule has 5 rings (SSSR count). The van der Waals surface area contributed by atoms with E-state index in [9.17, 15) is 14.7 Å². The van der Waals surface area contributed by atoms with E-state index in [4.69, 9.17) is 9.15 Å². The molecule has 0 bridgehead atoms. The third-order valence-corrected chi connectivity index (χ3v) is 6.33. The molecule has 2 aromatic heterocycles. The minimum absolute atomic E-state index is 0.00514. The third-order valence-electron chi connectivity index (χ3n) is 6.33. The number of amides is 2. The molecule has 4 aromatic rings. The molecule has 1 fully saturated rings. The molecule has 0 aliphatic heterocycles. The summed E-state index contributed by atoms with van der Waals surface area (Å²) in [6, 6.07) is 16.8. The van der Waals surface area contributed by atoms with Crippen LogP contribution in [0.5, 0.6) is 11.5 Å². The van der Waals surface area contributed by atoms with Crippen molar-refractivity contribution in [3.05, 3.63) is 83.9 Å². The van der Waals surface area contributed by atoms with E-state index in [2.05, 4.69) is 15.7 Å². The fourth-order valence-corrected chi connectivity index (χ4v) is 4.10. The lowest BCUT2D eigenvalue weighted by atomic mass is 9.82. The van der Waals surface area contributed by atoms with E-state index in [0.29, 0.717) is 23.5 Å². The molecule has 1 saturated carbocycles. The van der Waals surface area contributed by atoms with E-state index in [1.165, 1.54) is 17.0 Å². The standard InChI is InChI=1S/C27H26N4O5/c1-35-20-10-7-17(8-11-20)16-28-27(34)31-23(18-4-2-5-18)15-22(30-31)21-14-19(9-12-24(21)32)29-26(33)25-6-3-13-36-25/h3,6-15,18,32H,2,4-5,16H2,1H3,(H,28,34)(H,29,33). The smallest absolute Gasteiger partial charge is 0.342 e. The predicted octanol–water partition coefficient (Wildman–Crippen LogP) is 5.14. The average molecular weight is 487 g/mol. The molecule has 36 heavy (non-hydrogen) atoms. The number of carbonyl (C=O) groups is 2. The lowest BCUT2D eigenvalue weighted by molar-refractivity contribution is 0.0996. The summed E-state index contributed by atoms with van der Waals surface area (Å²) in [6.45, 7) is 0.335. The molecule has 1 aliphatic rings. The quantitative estimate of drug-likeness (QED) is 0.312. The highest BCUT2D eigenvalue weighted by Gasteiger charge is 2.27. The predicted molar refractivity (Wildman–Crippen MR) is 133 cm³/mol. The first-order chi connectivity index (χ1) is 17.5. The van der Waals surface area contributed by atoms with Crippen molar-refractivity contribution < 1.29 is 23.8 Å². The van der Waals surface area contributed by atoms with E-state index in [0.717, 1.165) is 36.3 Å². The Labute approximate surface area is 207 Å². The first-order valence-electron chi connectivity index (χ1n) is 11.7. The Morgan fingerprint density at radius 3 is 2.61 bits per heavy atom. The van der Waals surface area contributed by atoms with Gasteiger partial charge in [-0.3, -0.25) is 4.79 Å². The zero-order valence-corrected chi connectivity index (χ0v) is 19.7. The van der Waals surface area contributed by atoms with Crippen molar-refractivity contribution in [2.45, 2.75) is 31.7 Å². The van der Waals surface area contributed by atoms with Crippen molar-refractivity contribution in [1.29, 1.82) is 0 Å². The van der Waals surface area contributed by atoms with E-state index in [-0.39, 0.29) is 23.5 Å². The number of aromatic nitrogens is 2. The van der Waals surface area contributed by atoms with E-state index in [1.54, 1.807) is 31.4 Å². The van der Waals surface area contributed by atoms with Gasteiger partial charge in [0.25, 0.3) is 5.91 Å². The van der Waals surface area contributed by atoms with Crippen LogP contribution in [0.25, 0.3) is 11.3 Å². The van der Waals surface area contributed by atoms with Gasteiger partial charge in [0.1, 0.15) is 11.5 Å². The number of benzene rings is 2. The number of phenolic OH excluding ortho intramolecular Hbond substituents is 1. The van der Waals surface area contributed by atoms with Gasteiger partial charge < -0.3 is 24.9 Å². The highest BCUT2D eigenvalue weighted by atomic mass is 16.5. The maximum atomic E-state index is 13.1. The molecule has 9 nitrogen and oxygen atoms in total. The highest BCUT2D eigenvalue weighted by Crippen LogP contribution is 2.39. The van der Waals surface area contributed by atoms with Crippen LogP contribution in [0.1, 0.15) is 47.0 Å². The molecule has 0 unspecified atom stereocenters. The summed E-state index contributed by atoms with van der Waals surface area (Å²) in [6.07, 6.45) is 4.47. The number of phenols is 1. The molecule has 1 aliphatic carbocycles. The van der Waals surface area contributed by atoms with Crippen LogP contribution in [0.15, 0.2) is 71.3 Å². The van der Waals surface area contributed by atoms with Gasteiger partial charge in [-0.2, -0.15) is 9.78 Å². The average Bonchev–Trinajstić information content (AvgIpc) is 3.54. The highest BCUT2D eigenvalue weighted by molar-refractivity contribution is 6.02. The molecule has 3 N–H and O–H groups in total. The summed E-state index contributed by atoms with van der Waals surface area (Å²) in [5.74, 6) is 0.734. The molecule has 2 amide bonds. The van der Waals surface area contributed by atoms with Crippen molar-refractivity contribution in [2.24, 2.45) is 0 Å². The molecular formula is C27H26N4O5. The van der Waals surface area contributed by atoms with Gasteiger partial charge in [0, 0.05) is 23.7 Å². The Balaban J connectivity index is 1.38. The van der Waals surface area contributed by atoms with Gasteiger partial charge in [0.2, 0.25) is 0 Å². The Morgan fingerprint density at radius 1 is 1.14 bits per heavy atom. The van der Waals surface area contributed by atoms with Gasteiger partial charge in [-0.25, -0.2) is 4.79 Å². The van der Waals surface area contributed by atoms with E-state index < -0.39 is 5.91 Å². The normalized spacial score (nSPS) is 13.1. The van der Waals surface area contributed by atoms with Crippen LogP contribution in [-0.2, 0) is 6.54 Å². The number of aromatic hydroxyl groups is 1. The van der Waals surface area contributed by atoms with Crippen molar-refractivity contribution in [3.63, 3.8) is 0 Å². The SMILES string of the molecule is COc1ccc(CNC(=O)n2nc(-c3cc(NC(=O)c4ccco4)ccc3O)cc2C2CCC2)cc1. The molecular weight excluding hydrogens is 460 g/mol. The van der Waals surface area contributed by atoms with Gasteiger partial charge in [0.15, 0.2) is 5.76 Å². The second-order valence-corrected chi connectivity index (χ2v) is 8.66. The number of anilines is 1. The number of nitrogens with zero attached hydrogens (tertiary/aromatic N) is 2. The van der Waals surface area contributed by atoms with Crippen LogP contribution in [0.2, 0.25) is 0 Å². The van der Waals surface area contributed by atoms with Crippen molar-refractivity contribution in [1.82, 2.24) is 15.1 Å². The Morgan fingerprint density at radius 2 is 1.94 bits per heavy atom. The van der Waals surface area contributed by atoms with Gasteiger partial charge in [0.05, 0.1) is 24.8 Å². The van der Waals surface area contributed by atoms with Crippen LogP contribution in [0, 0.1) is 0 Å². The van der Waals surface area contributed by atoms with Crippen LogP contribution >= 0.6 is 0 Å². The molecule has 0 saturated heterocycles. The molecule has 2 heterocycles. The Bertz CT molecular complexity index is 1370. The fourth-order valence-electron chi connectivity index (χ4n) is 4.10. The van der Waals surface area contributed by atoms with Crippen LogP contribution < -0.4 is 15.4 Å². The minimum atomic E-state index is -0.407. The van der Waals surface area contributed by atoms with Gasteiger partial charge in [-0.05, 0) is 66.9 Å². The largest absolute Gasteiger partial charge is 0.507 e. The summed E-state index contributed by atoms with van der Waals surface area (Å²) in [7, 11) is 1.61. The zero-order chi connectivity index (χ0) is 25.1. The van der Waals surface area contributed by atoms with Crippen LogP contribution in [0.3, 0.4) is 0 Å². The molecule has 0 spiro atoms. The molecule has 184 valence electrons. The fraction of sp³-hybridized carbons (Fsp3) is 0.222. The van der Waals surface area contributed by atoms with Crippen LogP contribution in [-0.4, -0.2) is 33.9 Å². The number of hydrogen-bond donors (Lipinski definition) is 3. The summed E-state index contributed by atoms with van der Waals surface area (Å²) < 4.78 is 11.7. The number of hydrogen-bond acceptors (Lipinski definition) is 6. The van der Waals surface area contributed by atoms with Crippen molar-refractivity contribution in [3.8, 4) is 22.8 Å². The lowest BCUT2D eigenvalue weighted by Crippen LogP contribution is -2.31. The maximum Gasteiger partial charge on any atom is 0.342 e. The second kappa shape index (κ2) is 9.99. The van der Waals surface area contributed by atoms with E-state index >= 15 is 0 Å². The van der Waals surface area contributed by atoms with Crippen molar-refractivity contribution >= 4 is 17.6 Å². The first-order valence-corrected chi connectivity index (χ1v) is 11.7. The molecule has 9 heteroatoms. The third kappa shape index (κ3) is 4.81. The maximum absolute atomic E-state index is 13.1. The Kier molecular flexibility index (Phi) is 6.44. The molecule has 0 radical (unpaired) electrons. The zero-order valence-electron chi connectivity index (χ0n) is 19.7. The van der Waals surface area contributed by atoms with Crippen molar-refractivity contribution in [2.75, 3.05) is 12.4 Å². The topological polar surface area (TPSA) is 119 Å². The summed E-state index contributed by atoms with van der Waals surface area (Å²) >= 11 is 0. The summed E-state index contributed by atoms with van der Waals surface area (Å²) in [5.41, 5.74) is 3.05. The van der Waals surface area contributed by atoms with E-state index in [1.807, 2.05) is 30.3 Å². The number of furan rings is 1. The molecule has 2 aromatic carbocycles. The number of nitrogens with one attached hydrogen (secondary N) is 2. The monoisotopic (exact) mass is 486 g/mol. The summed E-state index contributed by atoms with van der Waals surface area (Å²) in [4.78, 5) is 25.5. The van der Waals surface area contributed by atoms with Gasteiger partial charge in [-0.15, -0.1) is 0 Å². The van der Waals surface area contributed by atoms with Crippen LogP contribution in [0.4, 0.5) is 10.5 Å². The number of ether oxygens (including phenoxy) is 1.